The van der Waals surface area contributed by atoms with E-state index >= 15 is 0 Å². The van der Waals surface area contributed by atoms with Gasteiger partial charge in [-0.3, -0.25) is 15.2 Å². The van der Waals surface area contributed by atoms with Crippen molar-refractivity contribution in [3.05, 3.63) is 102 Å². The van der Waals surface area contributed by atoms with Gasteiger partial charge in [-0.2, -0.15) is 0 Å². The number of carbonyl (C=O) groups excluding carboxylic acids is 1. The van der Waals surface area contributed by atoms with Gasteiger partial charge in [0.05, 0.1) is 24.8 Å². The van der Waals surface area contributed by atoms with E-state index in [1.54, 1.807) is 19.1 Å². The van der Waals surface area contributed by atoms with Gasteiger partial charge in [-0.25, -0.2) is 4.39 Å². The highest BCUT2D eigenvalue weighted by atomic mass is 19.1. The van der Waals surface area contributed by atoms with E-state index in [9.17, 15) is 9.18 Å². The highest BCUT2D eigenvalue weighted by Crippen LogP contribution is 2.37. The fraction of sp³-hybridized carbons (Fsp3) is 0.207. The van der Waals surface area contributed by atoms with Crippen molar-refractivity contribution in [2.75, 3.05) is 6.61 Å². The number of aryl methyl sites for hydroxylation is 1. The minimum absolute atomic E-state index is 0.0687. The molecule has 6 heteroatoms. The van der Waals surface area contributed by atoms with Crippen LogP contribution in [0.3, 0.4) is 0 Å². The van der Waals surface area contributed by atoms with Crippen LogP contribution in [0, 0.1) is 5.82 Å². The van der Waals surface area contributed by atoms with Crippen LogP contribution in [-0.4, -0.2) is 22.2 Å². The van der Waals surface area contributed by atoms with Crippen LogP contribution in [0.15, 0.2) is 85.1 Å². The number of carbonyl (C=O) groups is 1. The van der Waals surface area contributed by atoms with Gasteiger partial charge in [-0.05, 0) is 73.5 Å². The van der Waals surface area contributed by atoms with E-state index in [0.717, 1.165) is 23.4 Å². The Morgan fingerprint density at radius 2 is 1.77 bits per heavy atom. The van der Waals surface area contributed by atoms with Gasteiger partial charge >= 0.3 is 5.97 Å². The molecule has 5 rings (SSSR count). The number of para-hydroxylation sites is 1. The summed E-state index contributed by atoms with van der Waals surface area (Å²) >= 11 is 0. The molecule has 35 heavy (non-hydrogen) atoms. The minimum atomic E-state index is -0.324. The number of hydrogen-bond acceptors (Lipinski definition) is 4. The second-order valence-corrected chi connectivity index (χ2v) is 8.60. The summed E-state index contributed by atoms with van der Waals surface area (Å²) in [5, 5.41) is 4.28. The highest BCUT2D eigenvalue weighted by Gasteiger charge is 2.29. The maximum atomic E-state index is 13.5. The van der Waals surface area contributed by atoms with E-state index in [1.807, 2.05) is 5.01 Å². The summed E-state index contributed by atoms with van der Waals surface area (Å²) < 4.78 is 21.0. The number of esters is 1. The zero-order chi connectivity index (χ0) is 24.5. The molecule has 1 N–H and O–H groups in total. The van der Waals surface area contributed by atoms with Gasteiger partial charge in [0.15, 0.2) is 0 Å². The van der Waals surface area contributed by atoms with Crippen LogP contribution < -0.4 is 5.43 Å². The maximum absolute atomic E-state index is 13.5. The van der Waals surface area contributed by atoms with E-state index in [4.69, 9.17) is 4.74 Å². The SMILES string of the molecule is C=C(CC(=O)OCC)N1NC(c2ccc(F)cc2)=C[C@H]1c1ccc2c(c1)c1ccccc1n2CC. The monoisotopic (exact) mass is 469 g/mol. The Hall–Kier alpha value is -4.06. The second kappa shape index (κ2) is 9.29. The lowest BCUT2D eigenvalue weighted by molar-refractivity contribution is -0.142. The minimum Gasteiger partial charge on any atom is -0.466 e. The first-order valence-electron chi connectivity index (χ1n) is 11.9. The topological polar surface area (TPSA) is 46.5 Å². The van der Waals surface area contributed by atoms with Crippen LogP contribution in [0.2, 0.25) is 0 Å². The molecule has 0 fully saturated rings. The first kappa shape index (κ1) is 22.7. The lowest BCUT2D eigenvalue weighted by Crippen LogP contribution is -2.34. The molecule has 4 aromatic rings. The summed E-state index contributed by atoms with van der Waals surface area (Å²) in [6.45, 7) is 9.31. The van der Waals surface area contributed by atoms with Gasteiger partial charge in [-0.1, -0.05) is 30.8 Å². The molecule has 1 aliphatic heterocycles. The third kappa shape index (κ3) is 4.16. The molecule has 5 nitrogen and oxygen atoms in total. The quantitative estimate of drug-likeness (QED) is 0.322. The molecule has 0 saturated heterocycles. The van der Waals surface area contributed by atoms with E-state index in [0.29, 0.717) is 12.3 Å². The number of nitrogens with zero attached hydrogens (tertiary/aromatic N) is 2. The number of rotatable bonds is 7. The summed E-state index contributed by atoms with van der Waals surface area (Å²) in [5.74, 6) is -0.611. The Labute approximate surface area is 204 Å². The van der Waals surface area contributed by atoms with Crippen LogP contribution in [-0.2, 0) is 16.1 Å². The van der Waals surface area contributed by atoms with Crippen molar-refractivity contribution in [1.82, 2.24) is 15.0 Å². The Morgan fingerprint density at radius 1 is 1.03 bits per heavy atom. The van der Waals surface area contributed by atoms with Crippen LogP contribution in [0.25, 0.3) is 27.5 Å². The second-order valence-electron chi connectivity index (χ2n) is 8.60. The van der Waals surface area contributed by atoms with E-state index < -0.39 is 0 Å². The number of benzene rings is 3. The van der Waals surface area contributed by atoms with Gasteiger partial charge in [0.1, 0.15) is 5.82 Å². The molecule has 1 aromatic heterocycles. The lowest BCUT2D eigenvalue weighted by atomic mass is 10.0. The number of halogens is 1. The summed E-state index contributed by atoms with van der Waals surface area (Å²) in [7, 11) is 0. The molecule has 178 valence electrons. The maximum Gasteiger partial charge on any atom is 0.311 e. The molecule has 2 heterocycles. The van der Waals surface area contributed by atoms with E-state index in [-0.39, 0.29) is 24.2 Å². The summed E-state index contributed by atoms with van der Waals surface area (Å²) in [6, 6.07) is 21.1. The van der Waals surface area contributed by atoms with Crippen molar-refractivity contribution in [3.63, 3.8) is 0 Å². The van der Waals surface area contributed by atoms with Crippen molar-refractivity contribution in [2.45, 2.75) is 32.9 Å². The Morgan fingerprint density at radius 3 is 2.51 bits per heavy atom. The summed E-state index contributed by atoms with van der Waals surface area (Å²) in [5.41, 5.74) is 9.11. The number of aromatic nitrogens is 1. The molecule has 0 bridgehead atoms. The predicted molar refractivity (Wildman–Crippen MR) is 138 cm³/mol. The van der Waals surface area contributed by atoms with Crippen molar-refractivity contribution in [1.29, 1.82) is 0 Å². The zero-order valence-corrected chi connectivity index (χ0v) is 19.9. The van der Waals surface area contributed by atoms with E-state index in [2.05, 4.69) is 72.0 Å². The number of ether oxygens (including phenoxy) is 1. The predicted octanol–water partition coefficient (Wildman–Crippen LogP) is 6.32. The van der Waals surface area contributed by atoms with Crippen molar-refractivity contribution < 1.29 is 13.9 Å². The first-order chi connectivity index (χ1) is 17.0. The standard InChI is InChI=1S/C29H28FN3O2/c1-4-32-26-9-7-6-8-23(26)24-17-21(12-15-27(24)32)28-18-25(20-10-13-22(30)14-11-20)31-33(28)19(3)16-29(34)35-5-2/h6-15,17-18,28,31H,3-5,16H2,1-2H3/t28-/m0/s1. The van der Waals surface area contributed by atoms with Gasteiger partial charge in [-0.15, -0.1) is 0 Å². The molecule has 0 spiro atoms. The Kier molecular flexibility index (Phi) is 6.03. The average molecular weight is 470 g/mol. The molecule has 3 aromatic carbocycles. The van der Waals surface area contributed by atoms with Crippen LogP contribution in [0.5, 0.6) is 0 Å². The largest absolute Gasteiger partial charge is 0.466 e. The molecule has 0 unspecified atom stereocenters. The van der Waals surface area contributed by atoms with Crippen LogP contribution >= 0.6 is 0 Å². The first-order valence-corrected chi connectivity index (χ1v) is 11.9. The van der Waals surface area contributed by atoms with Crippen LogP contribution in [0.4, 0.5) is 4.39 Å². The lowest BCUT2D eigenvalue weighted by Gasteiger charge is -2.29. The molecule has 0 amide bonds. The molecule has 0 aliphatic carbocycles. The van der Waals surface area contributed by atoms with Gasteiger partial charge in [0.25, 0.3) is 0 Å². The normalized spacial score (nSPS) is 15.3. The van der Waals surface area contributed by atoms with Gasteiger partial charge in [0.2, 0.25) is 0 Å². The van der Waals surface area contributed by atoms with E-state index in [1.165, 1.54) is 33.9 Å². The summed E-state index contributed by atoms with van der Waals surface area (Å²) in [4.78, 5) is 12.2. The zero-order valence-electron chi connectivity index (χ0n) is 19.9. The molecule has 1 atom stereocenters. The molecular weight excluding hydrogens is 441 g/mol. The number of hydrogen-bond donors (Lipinski definition) is 1. The molecule has 1 aliphatic rings. The van der Waals surface area contributed by atoms with Gasteiger partial charge < -0.3 is 9.30 Å². The fourth-order valence-electron chi connectivity index (χ4n) is 4.84. The van der Waals surface area contributed by atoms with Crippen LogP contribution in [0.1, 0.15) is 37.4 Å². The smallest absolute Gasteiger partial charge is 0.311 e. The Balaban J connectivity index is 1.58. The summed E-state index contributed by atoms with van der Waals surface area (Å²) in [6.07, 6.45) is 2.16. The number of hydrazine groups is 1. The van der Waals surface area contributed by atoms with Crippen molar-refractivity contribution in [2.24, 2.45) is 0 Å². The number of nitrogens with one attached hydrogen (secondary N) is 1. The molecular formula is C29H28FN3O2. The van der Waals surface area contributed by atoms with Gasteiger partial charge in [0, 0.05) is 34.0 Å². The highest BCUT2D eigenvalue weighted by molar-refractivity contribution is 6.08. The Bertz CT molecular complexity index is 1450. The molecule has 0 radical (unpaired) electrons. The average Bonchev–Trinajstić information content (AvgIpc) is 3.44. The number of fused-ring (bicyclic) bond motifs is 3. The van der Waals surface area contributed by atoms with Crippen molar-refractivity contribution >= 4 is 33.5 Å². The van der Waals surface area contributed by atoms with Crippen molar-refractivity contribution in [3.8, 4) is 0 Å². The third-order valence-corrected chi connectivity index (χ3v) is 6.45. The molecule has 0 saturated carbocycles. The fourth-order valence-corrected chi connectivity index (χ4v) is 4.84. The third-order valence-electron chi connectivity index (χ3n) is 6.45.